The number of rotatable bonds is 5. The van der Waals surface area contributed by atoms with Gasteiger partial charge >= 0.3 is 5.69 Å². The summed E-state index contributed by atoms with van der Waals surface area (Å²) in [6.07, 6.45) is 0. The molecule has 0 heterocycles. The van der Waals surface area contributed by atoms with Gasteiger partial charge in [-0.3, -0.25) is 25.7 Å². The first-order valence-electron chi connectivity index (χ1n) is 7.52. The minimum Gasteiger partial charge on any atom is -0.271 e. The van der Waals surface area contributed by atoms with E-state index in [0.29, 0.717) is 5.71 Å². The lowest BCUT2D eigenvalue weighted by Gasteiger charge is -2.21. The average Bonchev–Trinajstić information content (AvgIpc) is 2.54. The predicted molar refractivity (Wildman–Crippen MR) is 95.8 cm³/mol. The molecule has 1 N–H and O–H groups in total. The number of nitrogens with one attached hydrogen (secondary N) is 1. The molecule has 8 heteroatoms. The molecule has 0 radical (unpaired) electrons. The van der Waals surface area contributed by atoms with Crippen molar-refractivity contribution in [1.82, 2.24) is 0 Å². The van der Waals surface area contributed by atoms with Gasteiger partial charge < -0.3 is 0 Å². The SMILES string of the molecule is CC(C)(C)C(=NNc1ccc([N+](=O)[O-])cc1[N+](=O)[O-])c1ccccc1. The van der Waals surface area contributed by atoms with Gasteiger partial charge in [0, 0.05) is 11.5 Å². The van der Waals surface area contributed by atoms with Crippen molar-refractivity contribution in [2.24, 2.45) is 10.5 Å². The van der Waals surface area contributed by atoms with Crippen molar-refractivity contribution in [3.63, 3.8) is 0 Å². The molecule has 0 bridgehead atoms. The van der Waals surface area contributed by atoms with Gasteiger partial charge in [0.15, 0.2) is 0 Å². The Balaban J connectivity index is 2.44. The van der Waals surface area contributed by atoms with E-state index in [9.17, 15) is 20.2 Å². The lowest BCUT2D eigenvalue weighted by atomic mass is 9.86. The average molecular weight is 342 g/mol. The summed E-state index contributed by atoms with van der Waals surface area (Å²) in [4.78, 5) is 20.7. The number of hydrogen-bond donors (Lipinski definition) is 1. The van der Waals surface area contributed by atoms with E-state index in [1.807, 2.05) is 51.1 Å². The molecule has 0 aliphatic rings. The highest BCUT2D eigenvalue weighted by atomic mass is 16.6. The van der Waals surface area contributed by atoms with Crippen LogP contribution in [0.2, 0.25) is 0 Å². The number of benzene rings is 2. The van der Waals surface area contributed by atoms with Crippen molar-refractivity contribution in [2.45, 2.75) is 20.8 Å². The van der Waals surface area contributed by atoms with Crippen molar-refractivity contribution in [2.75, 3.05) is 5.43 Å². The maximum Gasteiger partial charge on any atom is 0.301 e. The van der Waals surface area contributed by atoms with Crippen molar-refractivity contribution in [3.05, 3.63) is 74.3 Å². The molecule has 8 nitrogen and oxygen atoms in total. The van der Waals surface area contributed by atoms with E-state index >= 15 is 0 Å². The summed E-state index contributed by atoms with van der Waals surface area (Å²) in [6, 6.07) is 12.8. The highest BCUT2D eigenvalue weighted by Gasteiger charge is 2.23. The molecular formula is C17H18N4O4. The fourth-order valence-corrected chi connectivity index (χ4v) is 2.26. The first kappa shape index (κ1) is 18.1. The van der Waals surface area contributed by atoms with E-state index in [0.717, 1.165) is 11.6 Å². The smallest absolute Gasteiger partial charge is 0.271 e. The number of nitrogens with zero attached hydrogens (tertiary/aromatic N) is 3. The van der Waals surface area contributed by atoms with Gasteiger partial charge in [0.1, 0.15) is 5.69 Å². The van der Waals surface area contributed by atoms with Gasteiger partial charge in [-0.15, -0.1) is 0 Å². The predicted octanol–water partition coefficient (Wildman–Crippen LogP) is 4.37. The summed E-state index contributed by atoms with van der Waals surface area (Å²) in [7, 11) is 0. The summed E-state index contributed by atoms with van der Waals surface area (Å²) in [6.45, 7) is 5.93. The first-order chi connectivity index (χ1) is 11.7. The fraction of sp³-hybridized carbons (Fsp3) is 0.235. The molecule has 25 heavy (non-hydrogen) atoms. The van der Waals surface area contributed by atoms with Gasteiger partial charge in [0.2, 0.25) is 0 Å². The Labute approximate surface area is 144 Å². The van der Waals surface area contributed by atoms with Crippen molar-refractivity contribution in [1.29, 1.82) is 0 Å². The van der Waals surface area contributed by atoms with Crippen LogP contribution in [0.3, 0.4) is 0 Å². The van der Waals surface area contributed by atoms with E-state index in [1.54, 1.807) is 0 Å². The van der Waals surface area contributed by atoms with Crippen LogP contribution < -0.4 is 5.43 Å². The van der Waals surface area contributed by atoms with E-state index in [-0.39, 0.29) is 16.8 Å². The molecule has 2 aromatic rings. The van der Waals surface area contributed by atoms with Crippen LogP contribution in [0.5, 0.6) is 0 Å². The topological polar surface area (TPSA) is 111 Å². The third kappa shape index (κ3) is 4.37. The molecule has 0 amide bonds. The van der Waals surface area contributed by atoms with Gasteiger partial charge in [-0.1, -0.05) is 51.1 Å². The Morgan fingerprint density at radius 2 is 1.64 bits per heavy atom. The Morgan fingerprint density at radius 3 is 2.16 bits per heavy atom. The van der Waals surface area contributed by atoms with Crippen LogP contribution in [0.4, 0.5) is 17.1 Å². The van der Waals surface area contributed by atoms with Gasteiger partial charge in [0.25, 0.3) is 5.69 Å². The quantitative estimate of drug-likeness (QED) is 0.493. The van der Waals surface area contributed by atoms with Crippen molar-refractivity contribution < 1.29 is 9.85 Å². The van der Waals surface area contributed by atoms with E-state index < -0.39 is 15.5 Å². The Kier molecular flexibility index (Phi) is 5.11. The standard InChI is InChI=1S/C17H18N4O4/c1-17(2,3)16(12-7-5-4-6-8-12)19-18-14-10-9-13(20(22)23)11-15(14)21(24)25/h4-11,18H,1-3H3. The van der Waals surface area contributed by atoms with E-state index in [4.69, 9.17) is 0 Å². The van der Waals surface area contributed by atoms with Crippen LogP contribution in [-0.2, 0) is 0 Å². The summed E-state index contributed by atoms with van der Waals surface area (Å²) >= 11 is 0. The zero-order valence-corrected chi connectivity index (χ0v) is 14.1. The van der Waals surface area contributed by atoms with Crippen LogP contribution in [-0.4, -0.2) is 15.6 Å². The number of non-ortho nitro benzene ring substituents is 1. The molecule has 0 spiro atoms. The monoisotopic (exact) mass is 342 g/mol. The largest absolute Gasteiger partial charge is 0.301 e. The number of nitro benzene ring substituents is 2. The molecule has 0 unspecified atom stereocenters. The minimum absolute atomic E-state index is 0.0910. The summed E-state index contributed by atoms with van der Waals surface area (Å²) < 4.78 is 0. The summed E-state index contributed by atoms with van der Waals surface area (Å²) in [5, 5.41) is 26.4. The maximum atomic E-state index is 11.2. The second-order valence-corrected chi connectivity index (χ2v) is 6.40. The Bertz CT molecular complexity index is 826. The van der Waals surface area contributed by atoms with Crippen molar-refractivity contribution >= 4 is 22.8 Å². The highest BCUT2D eigenvalue weighted by molar-refractivity contribution is 6.04. The van der Waals surface area contributed by atoms with Gasteiger partial charge in [-0.2, -0.15) is 5.10 Å². The van der Waals surface area contributed by atoms with Crippen LogP contribution in [0.15, 0.2) is 53.6 Å². The van der Waals surface area contributed by atoms with Crippen LogP contribution in [0, 0.1) is 25.6 Å². The molecule has 130 valence electrons. The Hall–Kier alpha value is -3.29. The maximum absolute atomic E-state index is 11.2. The summed E-state index contributed by atoms with van der Waals surface area (Å²) in [5.74, 6) is 0. The van der Waals surface area contributed by atoms with Gasteiger partial charge in [0.05, 0.1) is 21.6 Å². The van der Waals surface area contributed by atoms with Crippen LogP contribution in [0.25, 0.3) is 0 Å². The van der Waals surface area contributed by atoms with E-state index in [1.165, 1.54) is 12.1 Å². The molecule has 0 aliphatic heterocycles. The number of anilines is 1. The number of hydrogen-bond acceptors (Lipinski definition) is 6. The third-order valence-electron chi connectivity index (χ3n) is 3.43. The minimum atomic E-state index is -0.676. The molecule has 0 atom stereocenters. The van der Waals surface area contributed by atoms with Gasteiger partial charge in [-0.05, 0) is 11.6 Å². The molecule has 0 saturated heterocycles. The van der Waals surface area contributed by atoms with Crippen molar-refractivity contribution in [3.8, 4) is 0 Å². The van der Waals surface area contributed by atoms with Crippen LogP contribution >= 0.6 is 0 Å². The molecule has 2 aromatic carbocycles. The second-order valence-electron chi connectivity index (χ2n) is 6.40. The molecular weight excluding hydrogens is 324 g/mol. The first-order valence-corrected chi connectivity index (χ1v) is 7.52. The molecule has 0 saturated carbocycles. The van der Waals surface area contributed by atoms with Crippen LogP contribution in [0.1, 0.15) is 26.3 Å². The zero-order chi connectivity index (χ0) is 18.6. The van der Waals surface area contributed by atoms with Gasteiger partial charge in [-0.25, -0.2) is 0 Å². The molecule has 0 aromatic heterocycles. The lowest BCUT2D eigenvalue weighted by Crippen LogP contribution is -2.22. The lowest BCUT2D eigenvalue weighted by molar-refractivity contribution is -0.393. The highest BCUT2D eigenvalue weighted by Crippen LogP contribution is 2.30. The fourth-order valence-electron chi connectivity index (χ4n) is 2.26. The third-order valence-corrected chi connectivity index (χ3v) is 3.43. The summed E-state index contributed by atoms with van der Waals surface area (Å²) in [5.41, 5.74) is 3.31. The normalized spacial score (nSPS) is 11.9. The second kappa shape index (κ2) is 7.08. The molecule has 2 rings (SSSR count). The number of hydrazone groups is 1. The molecule has 0 fully saturated rings. The van der Waals surface area contributed by atoms with E-state index in [2.05, 4.69) is 10.5 Å². The Morgan fingerprint density at radius 1 is 1.00 bits per heavy atom. The number of nitro groups is 2. The zero-order valence-electron chi connectivity index (χ0n) is 14.1. The molecule has 0 aliphatic carbocycles.